The molecule has 4 nitrogen and oxygen atoms in total. The second kappa shape index (κ2) is 7.72. The summed E-state index contributed by atoms with van der Waals surface area (Å²) in [6.07, 6.45) is 0.198. The Morgan fingerprint density at radius 2 is 1.92 bits per heavy atom. The van der Waals surface area contributed by atoms with Gasteiger partial charge in [0.05, 0.1) is 6.10 Å². The monoisotopic (exact) mass is 346 g/mol. The Kier molecular flexibility index (Phi) is 5.40. The summed E-state index contributed by atoms with van der Waals surface area (Å²) in [5, 5.41) is 12.7. The van der Waals surface area contributed by atoms with Gasteiger partial charge in [-0.05, 0) is 35.7 Å². The summed E-state index contributed by atoms with van der Waals surface area (Å²) < 4.78 is 26.0. The van der Waals surface area contributed by atoms with Crippen LogP contribution >= 0.6 is 0 Å². The highest BCUT2D eigenvalue weighted by Gasteiger charge is 2.19. The molecule has 0 fully saturated rings. The van der Waals surface area contributed by atoms with Crippen molar-refractivity contribution in [3.63, 3.8) is 0 Å². The summed E-state index contributed by atoms with van der Waals surface area (Å²) in [6, 6.07) is 11.2. The molecule has 0 radical (unpaired) electrons. The van der Waals surface area contributed by atoms with Crippen LogP contribution in [-0.4, -0.2) is 41.7 Å². The lowest BCUT2D eigenvalue weighted by Crippen LogP contribution is -2.42. The van der Waals surface area contributed by atoms with Gasteiger partial charge in [-0.3, -0.25) is 9.69 Å². The highest BCUT2D eigenvalue weighted by molar-refractivity contribution is 5.94. The predicted molar refractivity (Wildman–Crippen MR) is 90.1 cm³/mol. The number of aliphatic hydroxyl groups is 1. The molecule has 3 rings (SSSR count). The third-order valence-electron chi connectivity index (χ3n) is 4.36. The van der Waals surface area contributed by atoms with Crippen LogP contribution in [0.5, 0.6) is 0 Å². The maximum absolute atomic E-state index is 13.2. The fraction of sp³-hybridized carbons (Fsp3) is 0.316. The third kappa shape index (κ3) is 4.41. The standard InChI is InChI=1S/C19H20F2N2O2/c20-17-6-5-14(9-18(17)21)19(25)22-10-16(24)12-23-8-7-13-3-1-2-4-15(13)11-23/h1-6,9,16,24H,7-8,10-12H2,(H,22,25). The minimum Gasteiger partial charge on any atom is -0.390 e. The van der Waals surface area contributed by atoms with Crippen molar-refractivity contribution >= 4 is 5.91 Å². The Morgan fingerprint density at radius 1 is 1.16 bits per heavy atom. The number of hydrogen-bond acceptors (Lipinski definition) is 3. The molecule has 2 aromatic rings. The molecule has 0 bridgehead atoms. The van der Waals surface area contributed by atoms with Gasteiger partial charge in [-0.25, -0.2) is 8.78 Å². The van der Waals surface area contributed by atoms with Gasteiger partial charge in [0.1, 0.15) is 0 Å². The van der Waals surface area contributed by atoms with E-state index in [1.807, 2.05) is 12.1 Å². The van der Waals surface area contributed by atoms with Gasteiger partial charge in [0.25, 0.3) is 5.91 Å². The van der Waals surface area contributed by atoms with Gasteiger partial charge in [-0.15, -0.1) is 0 Å². The molecule has 0 aliphatic carbocycles. The first-order chi connectivity index (χ1) is 12.0. The molecule has 1 aliphatic rings. The Balaban J connectivity index is 1.49. The SMILES string of the molecule is O=C(NCC(O)CN1CCc2ccccc2C1)c1ccc(F)c(F)c1. The lowest BCUT2D eigenvalue weighted by molar-refractivity contribution is 0.0841. The molecule has 1 aliphatic heterocycles. The van der Waals surface area contributed by atoms with Crippen molar-refractivity contribution in [2.45, 2.75) is 19.1 Å². The van der Waals surface area contributed by atoms with Crippen molar-refractivity contribution < 1.29 is 18.7 Å². The van der Waals surface area contributed by atoms with E-state index < -0.39 is 23.6 Å². The van der Waals surface area contributed by atoms with Gasteiger partial charge < -0.3 is 10.4 Å². The van der Waals surface area contributed by atoms with E-state index in [0.29, 0.717) is 6.54 Å². The van der Waals surface area contributed by atoms with Crippen LogP contribution in [0.1, 0.15) is 21.5 Å². The number of carbonyl (C=O) groups excluding carboxylic acids is 1. The third-order valence-corrected chi connectivity index (χ3v) is 4.36. The van der Waals surface area contributed by atoms with E-state index in [1.165, 1.54) is 17.2 Å². The van der Waals surface area contributed by atoms with Crippen molar-refractivity contribution in [3.05, 3.63) is 70.8 Å². The first-order valence-corrected chi connectivity index (χ1v) is 8.23. The van der Waals surface area contributed by atoms with Gasteiger partial charge in [0.2, 0.25) is 0 Å². The van der Waals surface area contributed by atoms with Crippen LogP contribution in [0.15, 0.2) is 42.5 Å². The molecule has 0 aromatic heterocycles. The normalized spacial score (nSPS) is 15.5. The Bertz CT molecular complexity index is 767. The molecule has 2 N–H and O–H groups in total. The van der Waals surface area contributed by atoms with E-state index in [2.05, 4.69) is 22.3 Å². The van der Waals surface area contributed by atoms with Crippen molar-refractivity contribution in [2.24, 2.45) is 0 Å². The summed E-state index contributed by atoms with van der Waals surface area (Å²) >= 11 is 0. The average Bonchev–Trinajstić information content (AvgIpc) is 2.62. The zero-order valence-corrected chi connectivity index (χ0v) is 13.7. The van der Waals surface area contributed by atoms with Crippen LogP contribution in [0, 0.1) is 11.6 Å². The van der Waals surface area contributed by atoms with Crippen LogP contribution in [0.25, 0.3) is 0 Å². The average molecular weight is 346 g/mol. The fourth-order valence-electron chi connectivity index (χ4n) is 3.02. The largest absolute Gasteiger partial charge is 0.390 e. The number of nitrogens with one attached hydrogen (secondary N) is 1. The zero-order valence-electron chi connectivity index (χ0n) is 13.7. The second-order valence-corrected chi connectivity index (χ2v) is 6.25. The zero-order chi connectivity index (χ0) is 17.8. The predicted octanol–water partition coefficient (Wildman–Crippen LogP) is 2.11. The molecule has 0 spiro atoms. The minimum atomic E-state index is -1.07. The van der Waals surface area contributed by atoms with Crippen LogP contribution in [0.2, 0.25) is 0 Å². The minimum absolute atomic E-state index is 0.0259. The molecule has 1 unspecified atom stereocenters. The van der Waals surface area contributed by atoms with E-state index >= 15 is 0 Å². The number of aliphatic hydroxyl groups excluding tert-OH is 1. The molecule has 2 aromatic carbocycles. The van der Waals surface area contributed by atoms with Gasteiger partial charge in [-0.1, -0.05) is 24.3 Å². The smallest absolute Gasteiger partial charge is 0.251 e. The molecular weight excluding hydrogens is 326 g/mol. The number of carbonyl (C=O) groups is 1. The van der Waals surface area contributed by atoms with Gasteiger partial charge in [0.15, 0.2) is 11.6 Å². The topological polar surface area (TPSA) is 52.6 Å². The Hall–Kier alpha value is -2.31. The summed E-state index contributed by atoms with van der Waals surface area (Å²) in [5.41, 5.74) is 2.62. The van der Waals surface area contributed by atoms with E-state index in [4.69, 9.17) is 0 Å². The molecule has 1 atom stereocenters. The number of β-amino-alcohol motifs (C(OH)–C–C–N with tert-alkyl or cyclic N) is 1. The number of fused-ring (bicyclic) bond motifs is 1. The van der Waals surface area contributed by atoms with E-state index in [9.17, 15) is 18.7 Å². The molecule has 132 valence electrons. The number of nitrogens with zero attached hydrogens (tertiary/aromatic N) is 1. The van der Waals surface area contributed by atoms with Crippen molar-refractivity contribution in [1.82, 2.24) is 10.2 Å². The molecule has 1 heterocycles. The molecule has 0 saturated heterocycles. The first kappa shape index (κ1) is 17.5. The van der Waals surface area contributed by atoms with Crippen molar-refractivity contribution in [1.29, 1.82) is 0 Å². The van der Waals surface area contributed by atoms with Crippen LogP contribution in [0.3, 0.4) is 0 Å². The molecule has 25 heavy (non-hydrogen) atoms. The van der Waals surface area contributed by atoms with Crippen LogP contribution in [0.4, 0.5) is 8.78 Å². The Morgan fingerprint density at radius 3 is 2.68 bits per heavy atom. The molecule has 6 heteroatoms. The summed E-state index contributed by atoms with van der Waals surface area (Å²) in [6.45, 7) is 2.11. The molecule has 1 amide bonds. The lowest BCUT2D eigenvalue weighted by atomic mass is 10.00. The van der Waals surface area contributed by atoms with Gasteiger partial charge in [0, 0.05) is 31.7 Å². The number of halogens is 2. The van der Waals surface area contributed by atoms with Crippen molar-refractivity contribution in [2.75, 3.05) is 19.6 Å². The highest BCUT2D eigenvalue weighted by Crippen LogP contribution is 2.18. The number of benzene rings is 2. The molecule has 0 saturated carbocycles. The highest BCUT2D eigenvalue weighted by atomic mass is 19.2. The number of hydrogen-bond donors (Lipinski definition) is 2. The van der Waals surface area contributed by atoms with Gasteiger partial charge in [-0.2, -0.15) is 0 Å². The lowest BCUT2D eigenvalue weighted by Gasteiger charge is -2.30. The Labute approximate surface area is 145 Å². The summed E-state index contributed by atoms with van der Waals surface area (Å²) in [7, 11) is 0. The summed E-state index contributed by atoms with van der Waals surface area (Å²) in [5.74, 6) is -2.61. The maximum atomic E-state index is 13.2. The van der Waals surface area contributed by atoms with Gasteiger partial charge >= 0.3 is 0 Å². The van der Waals surface area contributed by atoms with Crippen LogP contribution < -0.4 is 5.32 Å². The quantitative estimate of drug-likeness (QED) is 0.872. The van der Waals surface area contributed by atoms with Crippen LogP contribution in [-0.2, 0) is 13.0 Å². The molecular formula is C19H20F2N2O2. The fourth-order valence-corrected chi connectivity index (χ4v) is 3.02. The van der Waals surface area contributed by atoms with E-state index in [1.54, 1.807) is 0 Å². The number of amides is 1. The van der Waals surface area contributed by atoms with E-state index in [0.717, 1.165) is 31.6 Å². The second-order valence-electron chi connectivity index (χ2n) is 6.25. The van der Waals surface area contributed by atoms with E-state index in [-0.39, 0.29) is 12.1 Å². The first-order valence-electron chi connectivity index (χ1n) is 8.23. The van der Waals surface area contributed by atoms with Crippen molar-refractivity contribution in [3.8, 4) is 0 Å². The summed E-state index contributed by atoms with van der Waals surface area (Å²) in [4.78, 5) is 14.1. The maximum Gasteiger partial charge on any atom is 0.251 e. The number of rotatable bonds is 5.